The molecule has 0 radical (unpaired) electrons. The Hall–Kier alpha value is -2.80. The van der Waals surface area contributed by atoms with E-state index in [1.54, 1.807) is 6.92 Å². The van der Waals surface area contributed by atoms with E-state index in [-0.39, 0.29) is 18.2 Å². The van der Waals surface area contributed by atoms with Crippen LogP contribution in [0.25, 0.3) is 0 Å². The number of carbonyl (C=O) groups excluding carboxylic acids is 3. The molecule has 0 aliphatic carbocycles. The Labute approximate surface area is 174 Å². The van der Waals surface area contributed by atoms with Gasteiger partial charge in [0.15, 0.2) is 6.10 Å². The van der Waals surface area contributed by atoms with Crippen LogP contribution in [0.5, 0.6) is 0 Å². The van der Waals surface area contributed by atoms with Crippen LogP contribution in [-0.2, 0) is 25.5 Å². The summed E-state index contributed by atoms with van der Waals surface area (Å²) in [6.45, 7) is 2.25. The Morgan fingerprint density at radius 2 is 1.86 bits per heavy atom. The van der Waals surface area contributed by atoms with Gasteiger partial charge in [-0.3, -0.25) is 14.4 Å². The van der Waals surface area contributed by atoms with E-state index in [9.17, 15) is 14.4 Å². The van der Waals surface area contributed by atoms with Gasteiger partial charge in [0.1, 0.15) is 0 Å². The molecule has 2 N–H and O–H groups in total. The molecule has 0 fully saturated rings. The average Bonchev–Trinajstić information content (AvgIpc) is 2.73. The molecular formula is C22H24N2O4S. The molecule has 7 heteroatoms. The Balaban J connectivity index is 1.48. The van der Waals surface area contributed by atoms with Crippen molar-refractivity contribution in [2.24, 2.45) is 0 Å². The number of hydrogen-bond donors (Lipinski definition) is 2. The Morgan fingerprint density at radius 3 is 2.62 bits per heavy atom. The van der Waals surface area contributed by atoms with Crippen molar-refractivity contribution in [2.75, 3.05) is 11.9 Å². The summed E-state index contributed by atoms with van der Waals surface area (Å²) in [5.74, 6) is -1.10. The molecular weight excluding hydrogens is 388 g/mol. The van der Waals surface area contributed by atoms with Crippen molar-refractivity contribution in [1.29, 1.82) is 0 Å². The highest BCUT2D eigenvalue weighted by molar-refractivity contribution is 8.01. The molecule has 152 valence electrons. The Morgan fingerprint density at radius 1 is 1.14 bits per heavy atom. The maximum atomic E-state index is 12.3. The van der Waals surface area contributed by atoms with Crippen LogP contribution >= 0.6 is 11.8 Å². The number of anilines is 1. The van der Waals surface area contributed by atoms with Gasteiger partial charge in [-0.05, 0) is 30.5 Å². The van der Waals surface area contributed by atoms with Crippen LogP contribution in [0.4, 0.5) is 5.69 Å². The zero-order valence-electron chi connectivity index (χ0n) is 16.2. The van der Waals surface area contributed by atoms with Crippen molar-refractivity contribution in [1.82, 2.24) is 5.32 Å². The minimum Gasteiger partial charge on any atom is -0.452 e. The predicted molar refractivity (Wildman–Crippen MR) is 113 cm³/mol. The second kappa shape index (κ2) is 10.1. The summed E-state index contributed by atoms with van der Waals surface area (Å²) in [7, 11) is 0. The SMILES string of the molecule is CC[C@@H](OC(=O)C[C@@H]1Sc2ccccc2NC1=O)C(=O)NCCc1ccccc1. The molecule has 0 aromatic heterocycles. The van der Waals surface area contributed by atoms with Crippen LogP contribution in [0.1, 0.15) is 25.3 Å². The fraction of sp³-hybridized carbons (Fsp3) is 0.318. The van der Waals surface area contributed by atoms with Crippen LogP contribution in [0.15, 0.2) is 59.5 Å². The quantitative estimate of drug-likeness (QED) is 0.651. The van der Waals surface area contributed by atoms with Crippen molar-refractivity contribution < 1.29 is 19.1 Å². The van der Waals surface area contributed by atoms with Crippen molar-refractivity contribution in [3.63, 3.8) is 0 Å². The number of rotatable bonds is 8. The number of ether oxygens (including phenoxy) is 1. The second-order valence-electron chi connectivity index (χ2n) is 6.71. The van der Waals surface area contributed by atoms with Gasteiger partial charge in [0, 0.05) is 11.4 Å². The fourth-order valence-corrected chi connectivity index (χ4v) is 4.09. The van der Waals surface area contributed by atoms with Crippen LogP contribution in [-0.4, -0.2) is 35.7 Å². The summed E-state index contributed by atoms with van der Waals surface area (Å²) in [5, 5.41) is 5.04. The van der Waals surface area contributed by atoms with E-state index in [4.69, 9.17) is 4.74 Å². The van der Waals surface area contributed by atoms with Gasteiger partial charge in [-0.15, -0.1) is 11.8 Å². The van der Waals surface area contributed by atoms with E-state index >= 15 is 0 Å². The Kier molecular flexibility index (Phi) is 7.30. The normalized spacial score (nSPS) is 16.3. The highest BCUT2D eigenvalue weighted by Gasteiger charge is 2.31. The summed E-state index contributed by atoms with van der Waals surface area (Å²) in [4.78, 5) is 37.8. The first-order valence-corrected chi connectivity index (χ1v) is 10.5. The minimum atomic E-state index is -0.859. The topological polar surface area (TPSA) is 84.5 Å². The van der Waals surface area contributed by atoms with Crippen LogP contribution in [0.2, 0.25) is 0 Å². The number of benzene rings is 2. The largest absolute Gasteiger partial charge is 0.452 e. The highest BCUT2D eigenvalue weighted by Crippen LogP contribution is 2.36. The van der Waals surface area contributed by atoms with Crippen molar-refractivity contribution >= 4 is 35.2 Å². The molecule has 6 nitrogen and oxygen atoms in total. The molecule has 0 unspecified atom stereocenters. The summed E-state index contributed by atoms with van der Waals surface area (Å²) < 4.78 is 5.36. The average molecular weight is 413 g/mol. The van der Waals surface area contributed by atoms with Gasteiger partial charge in [-0.25, -0.2) is 0 Å². The predicted octanol–water partition coefficient (Wildman–Crippen LogP) is 3.17. The number of amides is 2. The number of para-hydroxylation sites is 1. The highest BCUT2D eigenvalue weighted by atomic mass is 32.2. The third kappa shape index (κ3) is 5.84. The molecule has 1 aliphatic rings. The van der Waals surface area contributed by atoms with Crippen LogP contribution < -0.4 is 10.6 Å². The molecule has 2 amide bonds. The molecule has 2 atom stereocenters. The van der Waals surface area contributed by atoms with E-state index < -0.39 is 17.3 Å². The van der Waals surface area contributed by atoms with Gasteiger partial charge in [0.25, 0.3) is 5.91 Å². The van der Waals surface area contributed by atoms with Crippen LogP contribution in [0, 0.1) is 0 Å². The summed E-state index contributed by atoms with van der Waals surface area (Å²) in [5.41, 5.74) is 1.87. The lowest BCUT2D eigenvalue weighted by molar-refractivity contribution is -0.156. The van der Waals surface area contributed by atoms with Crippen molar-refractivity contribution in [3.05, 3.63) is 60.2 Å². The molecule has 0 saturated carbocycles. The molecule has 0 saturated heterocycles. The summed E-state index contributed by atoms with van der Waals surface area (Å²) >= 11 is 1.33. The number of hydrogen-bond acceptors (Lipinski definition) is 5. The van der Waals surface area contributed by atoms with Gasteiger partial charge in [0.2, 0.25) is 5.91 Å². The number of esters is 1. The molecule has 29 heavy (non-hydrogen) atoms. The first-order valence-electron chi connectivity index (χ1n) is 9.64. The van der Waals surface area contributed by atoms with Crippen molar-refractivity contribution in [2.45, 2.75) is 42.4 Å². The van der Waals surface area contributed by atoms with E-state index in [0.717, 1.165) is 16.1 Å². The fourth-order valence-electron chi connectivity index (χ4n) is 3.00. The number of thioether (sulfide) groups is 1. The Bertz CT molecular complexity index is 872. The first-order chi connectivity index (χ1) is 14.1. The van der Waals surface area contributed by atoms with Gasteiger partial charge < -0.3 is 15.4 Å². The summed E-state index contributed by atoms with van der Waals surface area (Å²) in [6, 6.07) is 17.3. The first kappa shape index (κ1) is 20.9. The minimum absolute atomic E-state index is 0.0847. The molecule has 3 rings (SSSR count). The third-order valence-electron chi connectivity index (χ3n) is 4.55. The number of fused-ring (bicyclic) bond motifs is 1. The maximum absolute atomic E-state index is 12.3. The number of carbonyl (C=O) groups is 3. The molecule has 1 aliphatic heterocycles. The lowest BCUT2D eigenvalue weighted by Gasteiger charge is -2.24. The molecule has 0 bridgehead atoms. The van der Waals surface area contributed by atoms with Gasteiger partial charge >= 0.3 is 5.97 Å². The zero-order valence-corrected chi connectivity index (χ0v) is 17.0. The van der Waals surface area contributed by atoms with Gasteiger partial charge in [-0.1, -0.05) is 49.4 Å². The maximum Gasteiger partial charge on any atom is 0.308 e. The summed E-state index contributed by atoms with van der Waals surface area (Å²) in [6.07, 6.45) is 0.131. The molecule has 1 heterocycles. The smallest absolute Gasteiger partial charge is 0.308 e. The lowest BCUT2D eigenvalue weighted by atomic mass is 10.1. The second-order valence-corrected chi connectivity index (χ2v) is 7.95. The lowest BCUT2D eigenvalue weighted by Crippen LogP contribution is -2.39. The number of nitrogens with one attached hydrogen (secondary N) is 2. The van der Waals surface area contributed by atoms with E-state index in [1.807, 2.05) is 54.6 Å². The monoisotopic (exact) mass is 412 g/mol. The van der Waals surface area contributed by atoms with E-state index in [0.29, 0.717) is 19.4 Å². The standard InChI is InChI=1S/C22H24N2O4S/c1-2-17(21(26)23-13-12-15-8-4-3-5-9-15)28-20(25)14-19-22(27)24-16-10-6-7-11-18(16)29-19/h3-11,17,19H,2,12-14H2,1H3,(H,23,26)(H,24,27)/t17-,19+/m1/s1. The van der Waals surface area contributed by atoms with Crippen LogP contribution in [0.3, 0.4) is 0 Å². The molecule has 2 aromatic carbocycles. The molecule has 2 aromatic rings. The third-order valence-corrected chi connectivity index (χ3v) is 5.83. The molecule has 0 spiro atoms. The van der Waals surface area contributed by atoms with Crippen molar-refractivity contribution in [3.8, 4) is 0 Å². The zero-order chi connectivity index (χ0) is 20.6. The van der Waals surface area contributed by atoms with E-state index in [1.165, 1.54) is 11.8 Å². The van der Waals surface area contributed by atoms with E-state index in [2.05, 4.69) is 10.6 Å². The van der Waals surface area contributed by atoms with Gasteiger partial charge in [0.05, 0.1) is 17.4 Å². The van der Waals surface area contributed by atoms with Gasteiger partial charge in [-0.2, -0.15) is 0 Å².